The lowest BCUT2D eigenvalue weighted by Crippen LogP contribution is -2.56. The van der Waals surface area contributed by atoms with Crippen LogP contribution >= 0.6 is 11.6 Å². The summed E-state index contributed by atoms with van der Waals surface area (Å²) in [5, 5.41) is 0.777. The molecule has 2 saturated heterocycles. The van der Waals surface area contributed by atoms with E-state index in [1.165, 1.54) is 11.6 Å². The molecule has 5 heteroatoms. The number of piperidine rings is 2. The number of likely N-dealkylation sites (tertiary alicyclic amines) is 2. The van der Waals surface area contributed by atoms with E-state index in [1.807, 2.05) is 24.3 Å². The smallest absolute Gasteiger partial charge is 0.222 e. The molecule has 1 amide bonds. The predicted molar refractivity (Wildman–Crippen MR) is 110 cm³/mol. The van der Waals surface area contributed by atoms with E-state index >= 15 is 0 Å². The second-order valence-corrected chi connectivity index (χ2v) is 8.42. The zero-order valence-electron chi connectivity index (χ0n) is 16.0. The van der Waals surface area contributed by atoms with Gasteiger partial charge >= 0.3 is 0 Å². The number of nitrogens with zero attached hydrogens (tertiary/aromatic N) is 2. The molecule has 2 atom stereocenters. The fourth-order valence-electron chi connectivity index (χ4n) is 4.70. The normalized spacial score (nSPS) is 22.9. The van der Waals surface area contributed by atoms with Crippen molar-refractivity contribution in [3.8, 4) is 0 Å². The van der Waals surface area contributed by atoms with Gasteiger partial charge in [0.1, 0.15) is 5.82 Å². The zero-order valence-corrected chi connectivity index (χ0v) is 16.7. The van der Waals surface area contributed by atoms with Crippen LogP contribution in [-0.2, 0) is 17.8 Å². The third-order valence-corrected chi connectivity index (χ3v) is 6.29. The first-order valence-electron chi connectivity index (χ1n) is 10.1. The summed E-state index contributed by atoms with van der Waals surface area (Å²) in [7, 11) is 0. The Morgan fingerprint density at radius 3 is 2.71 bits per heavy atom. The van der Waals surface area contributed by atoms with E-state index < -0.39 is 0 Å². The molecular formula is C23H26ClFN2O. The van der Waals surface area contributed by atoms with Gasteiger partial charge in [-0.05, 0) is 60.6 Å². The second-order valence-electron chi connectivity index (χ2n) is 7.99. The summed E-state index contributed by atoms with van der Waals surface area (Å²) in [6.07, 6.45) is 3.29. The summed E-state index contributed by atoms with van der Waals surface area (Å²) < 4.78 is 13.4. The quantitative estimate of drug-likeness (QED) is 0.735. The largest absolute Gasteiger partial charge is 0.339 e. The highest BCUT2D eigenvalue weighted by atomic mass is 35.5. The fourth-order valence-corrected chi connectivity index (χ4v) is 4.91. The van der Waals surface area contributed by atoms with Crippen LogP contribution < -0.4 is 0 Å². The SMILES string of the molecule is O=C1CC[C@@H]2CN(Cc3cccc(Cl)c3)CC[C@@H]2N1CCc1cccc(F)c1. The van der Waals surface area contributed by atoms with Gasteiger partial charge in [0.05, 0.1) is 0 Å². The number of halogens is 2. The molecule has 148 valence electrons. The maximum Gasteiger partial charge on any atom is 0.222 e. The van der Waals surface area contributed by atoms with E-state index in [2.05, 4.69) is 15.9 Å². The molecule has 0 N–H and O–H groups in total. The Morgan fingerprint density at radius 1 is 1.07 bits per heavy atom. The van der Waals surface area contributed by atoms with Gasteiger partial charge < -0.3 is 4.90 Å². The van der Waals surface area contributed by atoms with Crippen LogP contribution in [0.3, 0.4) is 0 Å². The highest BCUT2D eigenvalue weighted by molar-refractivity contribution is 6.30. The van der Waals surface area contributed by atoms with E-state index in [-0.39, 0.29) is 11.7 Å². The Balaban J connectivity index is 1.38. The van der Waals surface area contributed by atoms with Crippen molar-refractivity contribution in [1.82, 2.24) is 9.80 Å². The average molecular weight is 401 g/mol. The van der Waals surface area contributed by atoms with Gasteiger partial charge in [-0.1, -0.05) is 35.9 Å². The molecule has 2 aliphatic rings. The van der Waals surface area contributed by atoms with Gasteiger partial charge in [-0.25, -0.2) is 4.39 Å². The first-order valence-corrected chi connectivity index (χ1v) is 10.5. The number of amides is 1. The van der Waals surface area contributed by atoms with E-state index in [1.54, 1.807) is 12.1 Å². The van der Waals surface area contributed by atoms with Crippen molar-refractivity contribution in [2.45, 2.75) is 38.3 Å². The first-order chi connectivity index (χ1) is 13.6. The molecule has 0 radical (unpaired) electrons. The van der Waals surface area contributed by atoms with Gasteiger partial charge in [-0.2, -0.15) is 0 Å². The molecule has 3 nitrogen and oxygen atoms in total. The number of rotatable bonds is 5. The highest BCUT2D eigenvalue weighted by Crippen LogP contribution is 2.32. The molecule has 0 spiro atoms. The van der Waals surface area contributed by atoms with Gasteiger partial charge in [0.25, 0.3) is 0 Å². The maximum absolute atomic E-state index is 13.4. The molecule has 0 unspecified atom stereocenters. The van der Waals surface area contributed by atoms with Crippen molar-refractivity contribution in [3.05, 3.63) is 70.5 Å². The Hall–Kier alpha value is -1.91. The molecule has 2 fully saturated rings. The lowest BCUT2D eigenvalue weighted by atomic mass is 9.83. The lowest BCUT2D eigenvalue weighted by molar-refractivity contribution is -0.141. The molecule has 0 saturated carbocycles. The maximum atomic E-state index is 13.4. The molecule has 2 heterocycles. The Kier molecular flexibility index (Phi) is 5.98. The molecule has 2 aliphatic heterocycles. The van der Waals surface area contributed by atoms with Crippen LogP contribution in [0.1, 0.15) is 30.4 Å². The molecule has 2 aromatic carbocycles. The minimum atomic E-state index is -0.213. The number of carbonyl (C=O) groups excluding carboxylic acids is 1. The molecule has 0 bridgehead atoms. The summed E-state index contributed by atoms with van der Waals surface area (Å²) in [6, 6.07) is 15.1. The highest BCUT2D eigenvalue weighted by Gasteiger charge is 2.38. The minimum Gasteiger partial charge on any atom is -0.339 e. The third kappa shape index (κ3) is 4.56. The summed E-state index contributed by atoms with van der Waals surface area (Å²) >= 11 is 6.12. The average Bonchev–Trinajstić information content (AvgIpc) is 2.67. The zero-order chi connectivity index (χ0) is 19.5. The summed E-state index contributed by atoms with van der Waals surface area (Å²) in [5.74, 6) is 0.550. The third-order valence-electron chi connectivity index (χ3n) is 6.05. The monoisotopic (exact) mass is 400 g/mol. The fraction of sp³-hybridized carbons (Fsp3) is 0.435. The van der Waals surface area contributed by atoms with Crippen molar-refractivity contribution in [1.29, 1.82) is 0 Å². The summed E-state index contributed by atoms with van der Waals surface area (Å²) in [6.45, 7) is 3.58. The van der Waals surface area contributed by atoms with E-state index in [0.29, 0.717) is 31.3 Å². The van der Waals surface area contributed by atoms with E-state index in [9.17, 15) is 9.18 Å². The van der Waals surface area contributed by atoms with Gasteiger partial charge in [0.2, 0.25) is 5.91 Å². The molecule has 2 aromatic rings. The van der Waals surface area contributed by atoms with Crippen molar-refractivity contribution < 1.29 is 9.18 Å². The Bertz CT molecular complexity index is 843. The van der Waals surface area contributed by atoms with E-state index in [0.717, 1.165) is 43.1 Å². The molecule has 28 heavy (non-hydrogen) atoms. The minimum absolute atomic E-state index is 0.213. The first kappa shape index (κ1) is 19.4. The van der Waals surface area contributed by atoms with Crippen LogP contribution in [-0.4, -0.2) is 41.4 Å². The lowest BCUT2D eigenvalue weighted by Gasteiger charge is -2.47. The van der Waals surface area contributed by atoms with E-state index in [4.69, 9.17) is 11.6 Å². The van der Waals surface area contributed by atoms with Gasteiger partial charge in [-0.15, -0.1) is 0 Å². The number of fused-ring (bicyclic) bond motifs is 1. The second kappa shape index (κ2) is 8.62. The van der Waals surface area contributed by atoms with Gasteiger partial charge in [0.15, 0.2) is 0 Å². The number of hydrogen-bond donors (Lipinski definition) is 0. The molecule has 4 rings (SSSR count). The standard InChI is InChI=1S/C23H26ClFN2O/c24-20-5-1-4-18(13-20)15-26-11-10-22-19(16-26)7-8-23(28)27(22)12-9-17-3-2-6-21(25)14-17/h1-6,13-14,19,22H,7-12,15-16H2/t19-,22+/m1/s1. The van der Waals surface area contributed by atoms with Crippen LogP contribution in [0.15, 0.2) is 48.5 Å². The van der Waals surface area contributed by atoms with Crippen molar-refractivity contribution >= 4 is 17.5 Å². The van der Waals surface area contributed by atoms with Crippen LogP contribution in [0.25, 0.3) is 0 Å². The topological polar surface area (TPSA) is 23.6 Å². The van der Waals surface area contributed by atoms with Crippen molar-refractivity contribution in [3.63, 3.8) is 0 Å². The molecule has 0 aliphatic carbocycles. The van der Waals surface area contributed by atoms with Crippen molar-refractivity contribution in [2.75, 3.05) is 19.6 Å². The van der Waals surface area contributed by atoms with Gasteiger partial charge in [-0.3, -0.25) is 9.69 Å². The van der Waals surface area contributed by atoms with Crippen LogP contribution in [0.5, 0.6) is 0 Å². The van der Waals surface area contributed by atoms with Crippen LogP contribution in [0, 0.1) is 11.7 Å². The predicted octanol–water partition coefficient (Wildman–Crippen LogP) is 4.53. The van der Waals surface area contributed by atoms with Crippen LogP contribution in [0.4, 0.5) is 4.39 Å². The summed E-state index contributed by atoms with van der Waals surface area (Å²) in [5.41, 5.74) is 2.19. The number of benzene rings is 2. The number of carbonyl (C=O) groups is 1. The Labute approximate surface area is 171 Å². The Morgan fingerprint density at radius 2 is 1.89 bits per heavy atom. The van der Waals surface area contributed by atoms with Gasteiger partial charge in [0, 0.05) is 43.7 Å². The number of hydrogen-bond acceptors (Lipinski definition) is 2. The summed E-state index contributed by atoms with van der Waals surface area (Å²) in [4.78, 5) is 17.1. The van der Waals surface area contributed by atoms with Crippen molar-refractivity contribution in [2.24, 2.45) is 5.92 Å². The van der Waals surface area contributed by atoms with Crippen LogP contribution in [0.2, 0.25) is 5.02 Å². The molecule has 0 aromatic heterocycles. The molecular weight excluding hydrogens is 375 g/mol.